The van der Waals surface area contributed by atoms with E-state index < -0.39 is 0 Å². The van der Waals surface area contributed by atoms with Crippen LogP contribution in [0.3, 0.4) is 0 Å². The van der Waals surface area contributed by atoms with E-state index in [-0.39, 0.29) is 17.8 Å². The molecule has 4 aromatic rings. The molecule has 0 saturated carbocycles. The molecule has 5 nitrogen and oxygen atoms in total. The van der Waals surface area contributed by atoms with E-state index in [0.29, 0.717) is 17.1 Å². The maximum atomic E-state index is 13.2. The van der Waals surface area contributed by atoms with Crippen molar-refractivity contribution in [1.82, 2.24) is 9.78 Å². The first-order valence-electron chi connectivity index (χ1n) is 10.3. The third kappa shape index (κ3) is 3.78. The van der Waals surface area contributed by atoms with Gasteiger partial charge in [0.05, 0.1) is 12.2 Å². The molecule has 1 amide bonds. The molecule has 5 rings (SSSR count). The lowest BCUT2D eigenvalue weighted by Crippen LogP contribution is -2.22. The van der Waals surface area contributed by atoms with Gasteiger partial charge < -0.3 is 10.6 Å². The molecule has 0 bridgehead atoms. The largest absolute Gasteiger partial charge is 0.339 e. The molecule has 0 aliphatic carbocycles. The Kier molecular flexibility index (Phi) is 5.03. The van der Waals surface area contributed by atoms with Gasteiger partial charge in [0, 0.05) is 11.4 Å². The van der Waals surface area contributed by atoms with Crippen molar-refractivity contribution >= 4 is 23.1 Å². The number of aromatic nitrogens is 2. The van der Waals surface area contributed by atoms with Crippen molar-refractivity contribution in [3.63, 3.8) is 0 Å². The molecule has 0 fully saturated rings. The van der Waals surface area contributed by atoms with Crippen LogP contribution in [0.1, 0.15) is 33.1 Å². The molecule has 0 spiro atoms. The van der Waals surface area contributed by atoms with Crippen LogP contribution in [-0.2, 0) is 0 Å². The lowest BCUT2D eigenvalue weighted by molar-refractivity contribution is 0.102. The molecule has 158 valence electrons. The van der Waals surface area contributed by atoms with Crippen molar-refractivity contribution in [2.45, 2.75) is 13.0 Å². The van der Waals surface area contributed by atoms with Gasteiger partial charge in [-0.05, 0) is 48.4 Å². The van der Waals surface area contributed by atoms with E-state index in [2.05, 4.69) is 46.1 Å². The van der Waals surface area contributed by atoms with Crippen molar-refractivity contribution < 1.29 is 9.18 Å². The average molecular weight is 424 g/mol. The summed E-state index contributed by atoms with van der Waals surface area (Å²) in [6.07, 6.45) is 3.67. The number of amides is 1. The highest BCUT2D eigenvalue weighted by Gasteiger charge is 2.27. The summed E-state index contributed by atoms with van der Waals surface area (Å²) in [4.78, 5) is 13.0. The summed E-state index contributed by atoms with van der Waals surface area (Å²) in [5, 5.41) is 10.7. The molecule has 2 N–H and O–H groups in total. The number of halogens is 1. The van der Waals surface area contributed by atoms with Crippen molar-refractivity contribution in [2.24, 2.45) is 0 Å². The highest BCUT2D eigenvalue weighted by molar-refractivity contribution is 6.08. The number of anilines is 2. The first-order chi connectivity index (χ1) is 15.6. The predicted octanol–water partition coefficient (Wildman–Crippen LogP) is 5.64. The number of nitrogens with one attached hydrogen (secondary N) is 2. The van der Waals surface area contributed by atoms with Crippen LogP contribution in [0.2, 0.25) is 0 Å². The summed E-state index contributed by atoms with van der Waals surface area (Å²) in [7, 11) is 0. The third-order valence-electron chi connectivity index (χ3n) is 5.49. The summed E-state index contributed by atoms with van der Waals surface area (Å²) in [5.41, 5.74) is 5.09. The quantitative estimate of drug-likeness (QED) is 0.446. The second kappa shape index (κ2) is 8.15. The van der Waals surface area contributed by atoms with E-state index in [4.69, 9.17) is 0 Å². The number of carbonyl (C=O) groups is 1. The van der Waals surface area contributed by atoms with Crippen LogP contribution in [0.5, 0.6) is 0 Å². The van der Waals surface area contributed by atoms with Gasteiger partial charge in [0.1, 0.15) is 17.2 Å². The number of rotatable bonds is 4. The molecule has 1 aliphatic heterocycles. The third-order valence-corrected chi connectivity index (χ3v) is 5.49. The van der Waals surface area contributed by atoms with Gasteiger partial charge in [-0.3, -0.25) is 4.79 Å². The van der Waals surface area contributed by atoms with Crippen LogP contribution < -0.4 is 10.6 Å². The van der Waals surface area contributed by atoms with Gasteiger partial charge in [-0.25, -0.2) is 9.07 Å². The Morgan fingerprint density at radius 1 is 1.00 bits per heavy atom. The molecule has 1 aromatic heterocycles. The van der Waals surface area contributed by atoms with E-state index >= 15 is 0 Å². The number of nitrogens with zero attached hydrogens (tertiary/aromatic N) is 2. The molecular formula is C26H21FN4O. The number of benzene rings is 3. The van der Waals surface area contributed by atoms with Crippen LogP contribution in [0.4, 0.5) is 15.9 Å². The summed E-state index contributed by atoms with van der Waals surface area (Å²) < 4.78 is 15.0. The average Bonchev–Trinajstić information content (AvgIpc) is 3.25. The predicted molar refractivity (Wildman–Crippen MR) is 124 cm³/mol. The van der Waals surface area contributed by atoms with Gasteiger partial charge in [-0.15, -0.1) is 0 Å². The lowest BCUT2D eigenvalue weighted by atomic mass is 10.0. The van der Waals surface area contributed by atoms with Gasteiger partial charge in [-0.1, -0.05) is 60.2 Å². The Morgan fingerprint density at radius 3 is 2.44 bits per heavy atom. The van der Waals surface area contributed by atoms with Gasteiger partial charge in [0.2, 0.25) is 0 Å². The first kappa shape index (κ1) is 19.8. The topological polar surface area (TPSA) is 59.0 Å². The minimum atomic E-state index is -0.355. The number of carbonyl (C=O) groups excluding carboxylic acids is 1. The van der Waals surface area contributed by atoms with E-state index in [0.717, 1.165) is 16.8 Å². The Balaban J connectivity index is 1.54. The molecule has 1 unspecified atom stereocenters. The number of hydrogen-bond donors (Lipinski definition) is 2. The highest BCUT2D eigenvalue weighted by atomic mass is 19.1. The molecule has 3 aromatic carbocycles. The van der Waals surface area contributed by atoms with Crippen molar-refractivity contribution in [2.75, 3.05) is 10.6 Å². The number of allylic oxidation sites excluding steroid dienone is 1. The summed E-state index contributed by atoms with van der Waals surface area (Å²) >= 11 is 0. The SMILES string of the molecule is Cc1ccc(C2=CC(c3ccccc3)n3ncc(C(=O)Nc4ccc(F)cc4)c3N2)cc1. The molecule has 32 heavy (non-hydrogen) atoms. The van der Waals surface area contributed by atoms with Gasteiger partial charge in [-0.2, -0.15) is 5.10 Å². The zero-order valence-electron chi connectivity index (χ0n) is 17.4. The lowest BCUT2D eigenvalue weighted by Gasteiger charge is -2.26. The Labute approximate surface area is 185 Å². The number of aryl methyl sites for hydroxylation is 1. The Hall–Kier alpha value is -4.19. The Morgan fingerprint density at radius 2 is 1.72 bits per heavy atom. The molecule has 1 atom stereocenters. The highest BCUT2D eigenvalue weighted by Crippen LogP contribution is 2.35. The van der Waals surface area contributed by atoms with Crippen LogP contribution >= 0.6 is 0 Å². The molecule has 2 heterocycles. The standard InChI is InChI=1S/C26H21FN4O/c1-17-7-9-18(10-8-17)23-15-24(19-5-3-2-4-6-19)31-25(30-23)22(16-28-31)26(32)29-21-13-11-20(27)12-14-21/h2-16,24,30H,1H3,(H,29,32). The van der Waals surface area contributed by atoms with Crippen molar-refractivity contribution in [3.05, 3.63) is 119 Å². The van der Waals surface area contributed by atoms with Crippen LogP contribution in [0, 0.1) is 12.7 Å². The molecular weight excluding hydrogens is 403 g/mol. The monoisotopic (exact) mass is 424 g/mol. The van der Waals surface area contributed by atoms with Gasteiger partial charge in [0.25, 0.3) is 5.91 Å². The molecule has 6 heteroatoms. The maximum Gasteiger partial charge on any atom is 0.261 e. The summed E-state index contributed by atoms with van der Waals surface area (Å²) in [5.74, 6) is -0.0648. The van der Waals surface area contributed by atoms with Gasteiger partial charge >= 0.3 is 0 Å². The smallest absolute Gasteiger partial charge is 0.261 e. The minimum Gasteiger partial charge on any atom is -0.339 e. The van der Waals surface area contributed by atoms with E-state index in [1.54, 1.807) is 6.20 Å². The summed E-state index contributed by atoms with van der Waals surface area (Å²) in [6.45, 7) is 2.05. The normalized spacial score (nSPS) is 14.8. The number of hydrogen-bond acceptors (Lipinski definition) is 3. The van der Waals surface area contributed by atoms with Crippen LogP contribution in [0.15, 0.2) is 91.1 Å². The fourth-order valence-electron chi connectivity index (χ4n) is 3.78. The fraction of sp³-hybridized carbons (Fsp3) is 0.0769. The summed E-state index contributed by atoms with van der Waals surface area (Å²) in [6, 6.07) is 23.8. The zero-order valence-corrected chi connectivity index (χ0v) is 17.4. The van der Waals surface area contributed by atoms with Crippen LogP contribution in [-0.4, -0.2) is 15.7 Å². The van der Waals surface area contributed by atoms with Crippen molar-refractivity contribution in [1.29, 1.82) is 0 Å². The van der Waals surface area contributed by atoms with Crippen molar-refractivity contribution in [3.8, 4) is 0 Å². The zero-order chi connectivity index (χ0) is 22.1. The molecule has 0 radical (unpaired) electrons. The first-order valence-corrected chi connectivity index (χ1v) is 10.3. The maximum absolute atomic E-state index is 13.2. The van der Waals surface area contributed by atoms with E-state index in [1.807, 2.05) is 41.9 Å². The van der Waals surface area contributed by atoms with Crippen LogP contribution in [0.25, 0.3) is 5.70 Å². The molecule has 1 aliphatic rings. The fourth-order valence-corrected chi connectivity index (χ4v) is 3.78. The Bertz CT molecular complexity index is 1290. The van der Waals surface area contributed by atoms with E-state index in [1.165, 1.54) is 29.8 Å². The number of fused-ring (bicyclic) bond motifs is 1. The van der Waals surface area contributed by atoms with Gasteiger partial charge in [0.15, 0.2) is 0 Å². The molecule has 0 saturated heterocycles. The van der Waals surface area contributed by atoms with E-state index in [9.17, 15) is 9.18 Å². The second-order valence-electron chi connectivity index (χ2n) is 7.74. The second-order valence-corrected chi connectivity index (χ2v) is 7.74. The minimum absolute atomic E-state index is 0.170.